The van der Waals surface area contributed by atoms with Gasteiger partial charge in [-0.15, -0.1) is 6.58 Å². The van der Waals surface area contributed by atoms with E-state index in [0.29, 0.717) is 19.3 Å². The van der Waals surface area contributed by atoms with Crippen molar-refractivity contribution in [1.29, 1.82) is 0 Å². The summed E-state index contributed by atoms with van der Waals surface area (Å²) in [6, 6.07) is -0.798. The summed E-state index contributed by atoms with van der Waals surface area (Å²) in [7, 11) is 0. The van der Waals surface area contributed by atoms with Gasteiger partial charge < -0.3 is 0 Å². The molecule has 1 heterocycles. The Labute approximate surface area is 105 Å². The van der Waals surface area contributed by atoms with Crippen LogP contribution in [0.25, 0.3) is 0 Å². The molecular formula is C12H17FN2O3. The fraction of sp³-hybridized carbons (Fsp3) is 0.583. The highest BCUT2D eigenvalue weighted by Gasteiger charge is 2.48. The zero-order chi connectivity index (χ0) is 13.6. The van der Waals surface area contributed by atoms with Gasteiger partial charge in [0, 0.05) is 0 Å². The number of carbonyl (C=O) groups is 3. The van der Waals surface area contributed by atoms with Gasteiger partial charge in [-0.3, -0.25) is 24.6 Å². The van der Waals surface area contributed by atoms with Crippen LogP contribution in [0, 0.1) is 5.41 Å². The van der Waals surface area contributed by atoms with E-state index < -0.39 is 29.9 Å². The first kappa shape index (κ1) is 14.3. The van der Waals surface area contributed by atoms with Gasteiger partial charge in [-0.2, -0.15) is 0 Å². The molecule has 1 rings (SSSR count). The Morgan fingerprint density at radius 2 is 1.72 bits per heavy atom. The third kappa shape index (κ3) is 2.94. The van der Waals surface area contributed by atoms with Gasteiger partial charge in [0.05, 0.1) is 6.67 Å². The summed E-state index contributed by atoms with van der Waals surface area (Å²) < 4.78 is 12.0. The van der Waals surface area contributed by atoms with Crippen LogP contribution in [0.4, 0.5) is 9.18 Å². The molecule has 1 aliphatic heterocycles. The largest absolute Gasteiger partial charge is 0.328 e. The molecule has 1 fully saturated rings. The molecule has 0 aromatic rings. The molecule has 1 aliphatic rings. The molecular weight excluding hydrogens is 239 g/mol. The van der Waals surface area contributed by atoms with Gasteiger partial charge in [-0.1, -0.05) is 18.9 Å². The smallest absolute Gasteiger partial charge is 0.277 e. The average Bonchev–Trinajstić information content (AvgIpc) is 2.31. The molecule has 0 aromatic carbocycles. The first-order valence-corrected chi connectivity index (χ1v) is 5.90. The lowest BCUT2D eigenvalue weighted by Crippen LogP contribution is -2.62. The van der Waals surface area contributed by atoms with Gasteiger partial charge in [-0.25, -0.2) is 4.79 Å². The number of barbiturate groups is 1. The number of rotatable bonds is 7. The first-order chi connectivity index (χ1) is 8.56. The molecule has 0 radical (unpaired) electrons. The van der Waals surface area contributed by atoms with Gasteiger partial charge >= 0.3 is 6.03 Å². The predicted molar refractivity (Wildman–Crippen MR) is 63.4 cm³/mol. The fourth-order valence-corrected chi connectivity index (χ4v) is 2.04. The zero-order valence-electron chi connectivity index (χ0n) is 10.1. The highest BCUT2D eigenvalue weighted by Crippen LogP contribution is 2.32. The quantitative estimate of drug-likeness (QED) is 0.411. The monoisotopic (exact) mass is 256 g/mol. The number of imide groups is 2. The third-order valence-electron chi connectivity index (χ3n) is 3.05. The second kappa shape index (κ2) is 6.28. The lowest BCUT2D eigenvalue weighted by molar-refractivity contribution is -0.144. The Morgan fingerprint density at radius 1 is 1.11 bits per heavy atom. The summed E-state index contributed by atoms with van der Waals surface area (Å²) in [5.74, 6) is -1.20. The second-order valence-electron chi connectivity index (χ2n) is 4.31. The normalized spacial score (nSPS) is 18.2. The van der Waals surface area contributed by atoms with Gasteiger partial charge in [0.15, 0.2) is 0 Å². The minimum atomic E-state index is -1.29. The molecule has 100 valence electrons. The Hall–Kier alpha value is -1.72. The molecule has 4 amide bonds. The molecule has 0 aliphatic carbocycles. The van der Waals surface area contributed by atoms with Crippen LogP contribution in [0.15, 0.2) is 12.7 Å². The van der Waals surface area contributed by atoms with E-state index in [4.69, 9.17) is 0 Å². The van der Waals surface area contributed by atoms with Crippen molar-refractivity contribution in [3.05, 3.63) is 12.7 Å². The molecule has 0 aromatic heterocycles. The van der Waals surface area contributed by atoms with Gasteiger partial charge in [0.25, 0.3) is 0 Å². The number of amides is 4. The van der Waals surface area contributed by atoms with Crippen molar-refractivity contribution >= 4 is 17.8 Å². The van der Waals surface area contributed by atoms with Crippen molar-refractivity contribution in [2.45, 2.75) is 32.1 Å². The van der Waals surface area contributed by atoms with Crippen molar-refractivity contribution in [3.63, 3.8) is 0 Å². The predicted octanol–water partition coefficient (Wildman–Crippen LogP) is 1.44. The number of unbranched alkanes of at least 4 members (excludes halogenated alkanes) is 2. The SMILES string of the molecule is C=CCC1(CCCCCF)C(=O)NC(=O)NC1=O. The molecule has 5 nitrogen and oxygen atoms in total. The Bertz CT molecular complexity index is 348. The van der Waals surface area contributed by atoms with Crippen LogP contribution in [0.2, 0.25) is 0 Å². The van der Waals surface area contributed by atoms with Gasteiger partial charge in [0.2, 0.25) is 11.8 Å². The van der Waals surface area contributed by atoms with E-state index >= 15 is 0 Å². The molecule has 0 bridgehead atoms. The third-order valence-corrected chi connectivity index (χ3v) is 3.05. The number of carbonyl (C=O) groups excluding carboxylic acids is 3. The minimum Gasteiger partial charge on any atom is -0.277 e. The number of alkyl halides is 1. The number of urea groups is 1. The average molecular weight is 256 g/mol. The topological polar surface area (TPSA) is 75.3 Å². The van der Waals surface area contributed by atoms with Gasteiger partial charge in [-0.05, 0) is 19.3 Å². The van der Waals surface area contributed by atoms with E-state index in [-0.39, 0.29) is 12.8 Å². The standard InChI is InChI=1S/C12H17FN2O3/c1-2-6-12(7-4-3-5-8-13)9(16)14-11(18)15-10(12)17/h2H,1,3-8H2,(H2,14,15,16,17,18). The summed E-state index contributed by atoms with van der Waals surface area (Å²) in [5.41, 5.74) is -1.29. The number of hydrogen-bond acceptors (Lipinski definition) is 3. The van der Waals surface area contributed by atoms with Crippen molar-refractivity contribution in [2.75, 3.05) is 6.67 Å². The highest BCUT2D eigenvalue weighted by atomic mass is 19.1. The second-order valence-corrected chi connectivity index (χ2v) is 4.31. The summed E-state index contributed by atoms with van der Waals surface area (Å²) in [6.45, 7) is 3.12. The molecule has 1 saturated heterocycles. The molecule has 0 atom stereocenters. The van der Waals surface area contributed by atoms with E-state index in [0.717, 1.165) is 0 Å². The Morgan fingerprint density at radius 3 is 2.22 bits per heavy atom. The van der Waals surface area contributed by atoms with Crippen LogP contribution in [-0.4, -0.2) is 24.5 Å². The molecule has 2 N–H and O–H groups in total. The van der Waals surface area contributed by atoms with Crippen LogP contribution in [0.3, 0.4) is 0 Å². The van der Waals surface area contributed by atoms with Gasteiger partial charge in [0.1, 0.15) is 5.41 Å². The van der Waals surface area contributed by atoms with Crippen LogP contribution in [0.5, 0.6) is 0 Å². The van der Waals surface area contributed by atoms with Crippen molar-refractivity contribution in [2.24, 2.45) is 5.41 Å². The van der Waals surface area contributed by atoms with E-state index in [2.05, 4.69) is 17.2 Å². The molecule has 0 saturated carbocycles. The van der Waals surface area contributed by atoms with E-state index in [1.54, 1.807) is 0 Å². The number of hydrogen-bond donors (Lipinski definition) is 2. The lowest BCUT2D eigenvalue weighted by atomic mass is 9.76. The maximum atomic E-state index is 12.0. The summed E-state index contributed by atoms with van der Waals surface area (Å²) in [4.78, 5) is 34.8. The van der Waals surface area contributed by atoms with E-state index in [9.17, 15) is 18.8 Å². The Kier molecular flexibility index (Phi) is 5.00. The number of nitrogens with one attached hydrogen (secondary N) is 2. The maximum Gasteiger partial charge on any atom is 0.328 e. The van der Waals surface area contributed by atoms with Crippen LogP contribution < -0.4 is 10.6 Å². The van der Waals surface area contributed by atoms with E-state index in [1.165, 1.54) is 6.08 Å². The number of allylic oxidation sites excluding steroid dienone is 1. The molecule has 0 spiro atoms. The van der Waals surface area contributed by atoms with Crippen LogP contribution >= 0.6 is 0 Å². The Balaban J connectivity index is 2.77. The number of halogens is 1. The summed E-state index contributed by atoms with van der Waals surface area (Å²) >= 11 is 0. The van der Waals surface area contributed by atoms with Crippen LogP contribution in [-0.2, 0) is 9.59 Å². The lowest BCUT2D eigenvalue weighted by Gasteiger charge is -2.33. The van der Waals surface area contributed by atoms with Crippen molar-refractivity contribution < 1.29 is 18.8 Å². The summed E-state index contributed by atoms with van der Waals surface area (Å²) in [6.07, 6.45) is 3.48. The van der Waals surface area contributed by atoms with Crippen molar-refractivity contribution in [1.82, 2.24) is 10.6 Å². The molecule has 18 heavy (non-hydrogen) atoms. The van der Waals surface area contributed by atoms with E-state index in [1.807, 2.05) is 0 Å². The minimum absolute atomic E-state index is 0.160. The summed E-state index contributed by atoms with van der Waals surface area (Å²) in [5, 5.41) is 4.19. The highest BCUT2D eigenvalue weighted by molar-refractivity contribution is 6.19. The van der Waals surface area contributed by atoms with Crippen molar-refractivity contribution in [3.8, 4) is 0 Å². The first-order valence-electron chi connectivity index (χ1n) is 5.90. The van der Waals surface area contributed by atoms with Crippen LogP contribution in [0.1, 0.15) is 32.1 Å². The fourth-order valence-electron chi connectivity index (χ4n) is 2.04. The zero-order valence-corrected chi connectivity index (χ0v) is 10.1. The maximum absolute atomic E-state index is 12.0. The molecule has 6 heteroatoms. The molecule has 0 unspecified atom stereocenters.